The first-order valence-electron chi connectivity index (χ1n) is 5.83. The van der Waals surface area contributed by atoms with Crippen molar-refractivity contribution in [1.82, 2.24) is 9.97 Å². The topological polar surface area (TPSA) is 29.0 Å². The van der Waals surface area contributed by atoms with E-state index >= 15 is 0 Å². The van der Waals surface area contributed by atoms with Gasteiger partial charge in [0.1, 0.15) is 11.0 Å². The van der Waals surface area contributed by atoms with Gasteiger partial charge in [-0.2, -0.15) is 13.2 Å². The highest BCUT2D eigenvalue weighted by atomic mass is 35.5. The van der Waals surface area contributed by atoms with Gasteiger partial charge in [0.2, 0.25) is 5.82 Å². The van der Waals surface area contributed by atoms with Crippen LogP contribution in [0.4, 0.5) is 19.0 Å². The van der Waals surface area contributed by atoms with Gasteiger partial charge < -0.3 is 4.90 Å². The number of alkyl halides is 3. The van der Waals surface area contributed by atoms with E-state index in [0.717, 1.165) is 25.7 Å². The highest BCUT2D eigenvalue weighted by Crippen LogP contribution is 2.29. The molecule has 0 atom stereocenters. The normalized spacial score (nSPS) is 17.7. The number of halogens is 4. The summed E-state index contributed by atoms with van der Waals surface area (Å²) >= 11 is 5.64. The van der Waals surface area contributed by atoms with Crippen molar-refractivity contribution in [3.05, 3.63) is 17.0 Å². The van der Waals surface area contributed by atoms with Gasteiger partial charge >= 0.3 is 6.18 Å². The Morgan fingerprint density at radius 1 is 1.06 bits per heavy atom. The summed E-state index contributed by atoms with van der Waals surface area (Å²) in [6.07, 6.45) is -0.444. The fourth-order valence-corrected chi connectivity index (χ4v) is 2.17. The number of hydrogen-bond acceptors (Lipinski definition) is 3. The highest BCUT2D eigenvalue weighted by molar-refractivity contribution is 6.29. The van der Waals surface area contributed by atoms with Crippen LogP contribution >= 0.6 is 11.6 Å². The minimum Gasteiger partial charge on any atom is -0.356 e. The van der Waals surface area contributed by atoms with Gasteiger partial charge in [0, 0.05) is 19.2 Å². The second-order valence-corrected chi connectivity index (χ2v) is 4.66. The van der Waals surface area contributed by atoms with Crippen LogP contribution in [0.3, 0.4) is 0 Å². The number of rotatable bonds is 1. The van der Waals surface area contributed by atoms with Crippen LogP contribution in [0.15, 0.2) is 6.07 Å². The summed E-state index contributed by atoms with van der Waals surface area (Å²) in [6, 6.07) is 1.39. The lowest BCUT2D eigenvalue weighted by Crippen LogP contribution is -2.26. The van der Waals surface area contributed by atoms with E-state index in [1.54, 1.807) is 0 Å². The molecule has 1 aliphatic heterocycles. The molecule has 2 heterocycles. The molecular formula is C11H13ClF3N3. The van der Waals surface area contributed by atoms with Crippen LogP contribution < -0.4 is 4.90 Å². The zero-order chi connectivity index (χ0) is 13.2. The molecule has 0 bridgehead atoms. The van der Waals surface area contributed by atoms with Gasteiger partial charge in [-0.3, -0.25) is 0 Å². The SMILES string of the molecule is FC(F)(F)c1nc(Cl)cc(N2CCCCCC2)n1. The summed E-state index contributed by atoms with van der Waals surface area (Å²) in [4.78, 5) is 8.64. The molecule has 1 aliphatic rings. The fourth-order valence-electron chi connectivity index (χ4n) is 1.99. The Kier molecular flexibility index (Phi) is 3.94. The van der Waals surface area contributed by atoms with Crippen molar-refractivity contribution in [2.24, 2.45) is 0 Å². The molecule has 0 spiro atoms. The second kappa shape index (κ2) is 5.30. The summed E-state index contributed by atoms with van der Waals surface area (Å²) in [6.45, 7) is 1.43. The van der Waals surface area contributed by atoms with Gasteiger partial charge in [-0.05, 0) is 12.8 Å². The summed E-state index contributed by atoms with van der Waals surface area (Å²) in [5.41, 5.74) is 0. The first-order valence-corrected chi connectivity index (χ1v) is 6.21. The molecule has 2 rings (SSSR count). The van der Waals surface area contributed by atoms with E-state index in [-0.39, 0.29) is 11.0 Å². The van der Waals surface area contributed by atoms with Crippen molar-refractivity contribution in [3.63, 3.8) is 0 Å². The Labute approximate surface area is 108 Å². The molecular weight excluding hydrogens is 267 g/mol. The zero-order valence-corrected chi connectivity index (χ0v) is 10.4. The van der Waals surface area contributed by atoms with Crippen molar-refractivity contribution in [2.75, 3.05) is 18.0 Å². The predicted molar refractivity (Wildman–Crippen MR) is 62.7 cm³/mol. The summed E-state index contributed by atoms with van der Waals surface area (Å²) in [5.74, 6) is -0.904. The van der Waals surface area contributed by atoms with Crippen LogP contribution in [0.25, 0.3) is 0 Å². The maximum absolute atomic E-state index is 12.6. The number of anilines is 1. The smallest absolute Gasteiger partial charge is 0.356 e. The van der Waals surface area contributed by atoms with Gasteiger partial charge in [-0.25, -0.2) is 9.97 Å². The van der Waals surface area contributed by atoms with Crippen molar-refractivity contribution < 1.29 is 13.2 Å². The lowest BCUT2D eigenvalue weighted by Gasteiger charge is -2.22. The van der Waals surface area contributed by atoms with E-state index in [0.29, 0.717) is 13.1 Å². The third-order valence-corrected chi connectivity index (χ3v) is 3.06. The number of hydrogen-bond donors (Lipinski definition) is 0. The summed E-state index contributed by atoms with van der Waals surface area (Å²) in [7, 11) is 0. The molecule has 0 N–H and O–H groups in total. The van der Waals surface area contributed by atoms with Gasteiger partial charge in [0.15, 0.2) is 0 Å². The van der Waals surface area contributed by atoms with Crippen LogP contribution in [0.1, 0.15) is 31.5 Å². The average Bonchev–Trinajstić information content (AvgIpc) is 2.55. The van der Waals surface area contributed by atoms with Crippen molar-refractivity contribution in [1.29, 1.82) is 0 Å². The van der Waals surface area contributed by atoms with Crippen LogP contribution in [0.2, 0.25) is 5.15 Å². The zero-order valence-electron chi connectivity index (χ0n) is 9.67. The molecule has 1 aromatic heterocycles. The van der Waals surface area contributed by atoms with Crippen molar-refractivity contribution >= 4 is 17.4 Å². The summed E-state index contributed by atoms with van der Waals surface area (Å²) in [5, 5.41) is -0.170. The maximum Gasteiger partial charge on any atom is 0.451 e. The first-order chi connectivity index (χ1) is 8.47. The highest BCUT2D eigenvalue weighted by Gasteiger charge is 2.35. The molecule has 0 amide bonds. The third-order valence-electron chi connectivity index (χ3n) is 2.86. The Bertz CT molecular complexity index is 414. The quantitative estimate of drug-likeness (QED) is 0.737. The van der Waals surface area contributed by atoms with Gasteiger partial charge in [0.25, 0.3) is 0 Å². The van der Waals surface area contributed by atoms with Crippen LogP contribution in [-0.2, 0) is 6.18 Å². The maximum atomic E-state index is 12.6. The average molecular weight is 280 g/mol. The molecule has 18 heavy (non-hydrogen) atoms. The first kappa shape index (κ1) is 13.4. The van der Waals surface area contributed by atoms with E-state index in [2.05, 4.69) is 9.97 Å². The Balaban J connectivity index is 2.29. The van der Waals surface area contributed by atoms with Gasteiger partial charge in [-0.1, -0.05) is 24.4 Å². The van der Waals surface area contributed by atoms with Crippen LogP contribution in [0.5, 0.6) is 0 Å². The minimum absolute atomic E-state index is 0.170. The lowest BCUT2D eigenvalue weighted by atomic mass is 10.2. The summed E-state index contributed by atoms with van der Waals surface area (Å²) < 4.78 is 37.8. The minimum atomic E-state index is -4.56. The molecule has 0 radical (unpaired) electrons. The molecule has 0 aliphatic carbocycles. The van der Waals surface area contributed by atoms with Crippen LogP contribution in [-0.4, -0.2) is 23.1 Å². The molecule has 3 nitrogen and oxygen atoms in total. The monoisotopic (exact) mass is 279 g/mol. The molecule has 0 unspecified atom stereocenters. The standard InChI is InChI=1S/C11H13ClF3N3/c12-8-7-9(17-10(16-8)11(13,14)15)18-5-3-1-2-4-6-18/h7H,1-6H2. The van der Waals surface area contributed by atoms with Gasteiger partial charge in [-0.15, -0.1) is 0 Å². The van der Waals surface area contributed by atoms with E-state index in [1.165, 1.54) is 6.07 Å². The van der Waals surface area contributed by atoms with E-state index in [4.69, 9.17) is 11.6 Å². The molecule has 7 heteroatoms. The van der Waals surface area contributed by atoms with Gasteiger partial charge in [0.05, 0.1) is 0 Å². The van der Waals surface area contributed by atoms with E-state index in [9.17, 15) is 13.2 Å². The molecule has 1 aromatic rings. The van der Waals surface area contributed by atoms with Crippen molar-refractivity contribution in [2.45, 2.75) is 31.9 Å². The largest absolute Gasteiger partial charge is 0.451 e. The molecule has 0 aromatic carbocycles. The Morgan fingerprint density at radius 3 is 2.22 bits per heavy atom. The predicted octanol–water partition coefficient (Wildman–Crippen LogP) is 3.53. The molecule has 1 saturated heterocycles. The molecule has 0 saturated carbocycles. The van der Waals surface area contributed by atoms with E-state index in [1.807, 2.05) is 4.90 Å². The van der Waals surface area contributed by atoms with E-state index < -0.39 is 12.0 Å². The second-order valence-electron chi connectivity index (χ2n) is 4.27. The van der Waals surface area contributed by atoms with Crippen LogP contribution in [0, 0.1) is 0 Å². The molecule has 100 valence electrons. The van der Waals surface area contributed by atoms with Crippen molar-refractivity contribution in [3.8, 4) is 0 Å². The fraction of sp³-hybridized carbons (Fsp3) is 0.636. The number of nitrogens with zero attached hydrogens (tertiary/aromatic N) is 3. The third kappa shape index (κ3) is 3.25. The Morgan fingerprint density at radius 2 is 1.67 bits per heavy atom. The lowest BCUT2D eigenvalue weighted by molar-refractivity contribution is -0.144. The number of aromatic nitrogens is 2. The molecule has 1 fully saturated rings. The Hall–Kier alpha value is -1.04.